The topological polar surface area (TPSA) is 37.3 Å². The Morgan fingerprint density at radius 1 is 1.13 bits per heavy atom. The van der Waals surface area contributed by atoms with E-state index >= 15 is 0 Å². The Morgan fingerprint density at radius 3 is 2.65 bits per heavy atom. The summed E-state index contributed by atoms with van der Waals surface area (Å²) in [6.07, 6.45) is 11.4. The van der Waals surface area contributed by atoms with Crippen LogP contribution in [0.5, 0.6) is 0 Å². The molecule has 0 aromatic heterocycles. The van der Waals surface area contributed by atoms with Crippen LogP contribution in [0.25, 0.3) is 0 Å². The minimum atomic E-state index is -0.162. The van der Waals surface area contributed by atoms with Gasteiger partial charge in [0.2, 0.25) is 0 Å². The molecule has 128 valence electrons. The Bertz CT molecular complexity index is 550. The van der Waals surface area contributed by atoms with E-state index in [1.54, 1.807) is 12.5 Å². The molecule has 2 heteroatoms. The van der Waals surface area contributed by atoms with E-state index in [4.69, 9.17) is 0 Å². The van der Waals surface area contributed by atoms with E-state index in [0.717, 1.165) is 19.3 Å². The summed E-state index contributed by atoms with van der Waals surface area (Å²) >= 11 is 0. The van der Waals surface area contributed by atoms with Gasteiger partial charge in [0.15, 0.2) is 0 Å². The number of hydrogen-bond acceptors (Lipinski definition) is 2. The predicted molar refractivity (Wildman–Crippen MR) is 91.9 cm³/mol. The highest BCUT2D eigenvalue weighted by Gasteiger charge is 2.60. The molecule has 0 bridgehead atoms. The molecule has 4 rings (SSSR count). The van der Waals surface area contributed by atoms with Crippen LogP contribution in [0.1, 0.15) is 72.1 Å². The van der Waals surface area contributed by atoms with Gasteiger partial charge >= 0.3 is 0 Å². The van der Waals surface area contributed by atoms with Crippen molar-refractivity contribution in [3.8, 4) is 0 Å². The van der Waals surface area contributed by atoms with E-state index in [-0.39, 0.29) is 22.9 Å². The molecule has 7 atom stereocenters. The average Bonchev–Trinajstić information content (AvgIpc) is 2.86. The number of Topliss-reactive ketones (excluding diaryl/α,β-unsaturated/α-hetero) is 1. The van der Waals surface area contributed by atoms with Crippen LogP contribution in [0, 0.1) is 34.5 Å². The van der Waals surface area contributed by atoms with Gasteiger partial charge in [-0.2, -0.15) is 0 Å². The molecule has 0 aromatic carbocycles. The first kappa shape index (κ1) is 15.9. The molecule has 2 nitrogen and oxygen atoms in total. The lowest BCUT2D eigenvalue weighted by molar-refractivity contribution is -0.130. The largest absolute Gasteiger partial charge is 0.392 e. The smallest absolute Gasteiger partial charge is 0.133 e. The van der Waals surface area contributed by atoms with Crippen molar-refractivity contribution in [2.75, 3.05) is 0 Å². The summed E-state index contributed by atoms with van der Waals surface area (Å²) in [4.78, 5) is 12.2. The maximum absolute atomic E-state index is 12.2. The van der Waals surface area contributed by atoms with Gasteiger partial charge in [-0.3, -0.25) is 4.79 Å². The molecule has 0 heterocycles. The Morgan fingerprint density at radius 2 is 1.91 bits per heavy atom. The molecule has 23 heavy (non-hydrogen) atoms. The zero-order valence-corrected chi connectivity index (χ0v) is 15.0. The Balaban J connectivity index is 1.69. The third-order valence-corrected chi connectivity index (χ3v) is 8.66. The van der Waals surface area contributed by atoms with Crippen molar-refractivity contribution in [2.24, 2.45) is 34.5 Å². The number of ketones is 1. The van der Waals surface area contributed by atoms with E-state index in [9.17, 15) is 9.90 Å². The summed E-state index contributed by atoms with van der Waals surface area (Å²) in [7, 11) is 0. The molecule has 0 radical (unpaired) electrons. The van der Waals surface area contributed by atoms with Gasteiger partial charge in [-0.15, -0.1) is 0 Å². The number of carbonyl (C=O) groups is 1. The number of allylic oxidation sites excluding steroid dienone is 1. The van der Waals surface area contributed by atoms with Crippen LogP contribution >= 0.6 is 0 Å². The molecule has 4 aliphatic rings. The molecular weight excluding hydrogens is 284 g/mol. The minimum absolute atomic E-state index is 0.0107. The zero-order valence-electron chi connectivity index (χ0n) is 15.0. The SMILES string of the molecule is CC(=O)[C@H]1CC[C@H]2[C@@H]3CCC4=CCCC(O)[C@]4(C)[C@H]3CC[C@]12C. The number of rotatable bonds is 1. The highest BCUT2D eigenvalue weighted by molar-refractivity contribution is 5.79. The van der Waals surface area contributed by atoms with Crippen molar-refractivity contribution in [3.05, 3.63) is 11.6 Å². The highest BCUT2D eigenvalue weighted by atomic mass is 16.3. The lowest BCUT2D eigenvalue weighted by atomic mass is 9.46. The summed E-state index contributed by atoms with van der Waals surface area (Å²) < 4.78 is 0. The van der Waals surface area contributed by atoms with Crippen molar-refractivity contribution in [2.45, 2.75) is 78.2 Å². The van der Waals surface area contributed by atoms with Crippen LogP contribution in [0.15, 0.2) is 11.6 Å². The summed E-state index contributed by atoms with van der Waals surface area (Å²) in [5.74, 6) is 2.74. The van der Waals surface area contributed by atoms with Gasteiger partial charge in [0, 0.05) is 11.3 Å². The molecule has 4 aliphatic carbocycles. The molecule has 3 saturated carbocycles. The van der Waals surface area contributed by atoms with Crippen LogP contribution in [0.2, 0.25) is 0 Å². The molecule has 0 amide bonds. The first-order valence-electron chi connectivity index (χ1n) is 9.77. The van der Waals surface area contributed by atoms with E-state index in [2.05, 4.69) is 19.9 Å². The quantitative estimate of drug-likeness (QED) is 0.722. The molecule has 1 N–H and O–H groups in total. The van der Waals surface area contributed by atoms with Gasteiger partial charge in [-0.25, -0.2) is 0 Å². The summed E-state index contributed by atoms with van der Waals surface area (Å²) in [5, 5.41) is 10.9. The van der Waals surface area contributed by atoms with Gasteiger partial charge in [0.25, 0.3) is 0 Å². The second-order valence-corrected chi connectivity index (χ2v) is 9.31. The molecule has 0 aromatic rings. The third kappa shape index (κ3) is 2.00. The zero-order chi connectivity index (χ0) is 16.4. The van der Waals surface area contributed by atoms with Crippen LogP contribution < -0.4 is 0 Å². The van der Waals surface area contributed by atoms with E-state index < -0.39 is 0 Å². The van der Waals surface area contributed by atoms with Gasteiger partial charge in [-0.1, -0.05) is 25.5 Å². The normalized spacial score (nSPS) is 52.2. The summed E-state index contributed by atoms with van der Waals surface area (Å²) in [6.45, 7) is 6.55. The van der Waals surface area contributed by atoms with Gasteiger partial charge in [0.05, 0.1) is 6.10 Å². The van der Waals surface area contributed by atoms with Crippen LogP contribution in [-0.2, 0) is 4.79 Å². The fourth-order valence-electron chi connectivity index (χ4n) is 7.43. The monoisotopic (exact) mass is 316 g/mol. The van der Waals surface area contributed by atoms with Crippen molar-refractivity contribution in [3.63, 3.8) is 0 Å². The van der Waals surface area contributed by atoms with Gasteiger partial charge < -0.3 is 5.11 Å². The average molecular weight is 316 g/mol. The van der Waals surface area contributed by atoms with E-state index in [1.165, 1.54) is 32.1 Å². The van der Waals surface area contributed by atoms with Crippen LogP contribution in [0.3, 0.4) is 0 Å². The van der Waals surface area contributed by atoms with Crippen molar-refractivity contribution >= 4 is 5.78 Å². The fraction of sp³-hybridized carbons (Fsp3) is 0.857. The first-order valence-corrected chi connectivity index (χ1v) is 9.77. The number of fused-ring (bicyclic) bond motifs is 5. The predicted octanol–water partition coefficient (Wildman–Crippen LogP) is 4.52. The van der Waals surface area contributed by atoms with Crippen molar-refractivity contribution < 1.29 is 9.90 Å². The van der Waals surface area contributed by atoms with Gasteiger partial charge in [0.1, 0.15) is 5.78 Å². The summed E-state index contributed by atoms with van der Waals surface area (Å²) in [6, 6.07) is 0. The van der Waals surface area contributed by atoms with Crippen LogP contribution in [0.4, 0.5) is 0 Å². The number of aliphatic hydroxyl groups is 1. The molecular formula is C21H32O2. The molecule has 0 saturated heterocycles. The Kier molecular flexibility index (Phi) is 3.58. The maximum atomic E-state index is 12.2. The van der Waals surface area contributed by atoms with Crippen molar-refractivity contribution in [1.29, 1.82) is 0 Å². The Labute approximate surface area is 140 Å². The molecule has 1 unspecified atom stereocenters. The number of carbonyl (C=O) groups excluding carboxylic acids is 1. The fourth-order valence-corrected chi connectivity index (χ4v) is 7.43. The first-order chi connectivity index (χ1) is 10.9. The molecule has 0 aliphatic heterocycles. The number of aliphatic hydroxyl groups excluding tert-OH is 1. The van der Waals surface area contributed by atoms with E-state index in [0.29, 0.717) is 23.5 Å². The van der Waals surface area contributed by atoms with Gasteiger partial charge in [-0.05, 0) is 81.5 Å². The van der Waals surface area contributed by atoms with Crippen molar-refractivity contribution in [1.82, 2.24) is 0 Å². The molecule has 3 fully saturated rings. The third-order valence-electron chi connectivity index (χ3n) is 8.66. The summed E-state index contributed by atoms with van der Waals surface area (Å²) in [5.41, 5.74) is 1.78. The number of hydrogen-bond donors (Lipinski definition) is 1. The Hall–Kier alpha value is -0.630. The molecule has 0 spiro atoms. The second kappa shape index (κ2) is 5.18. The standard InChI is InChI=1S/C21H32O2/c1-13(22)16-9-10-17-15-8-7-14-5-4-6-19(23)21(14,3)18(15)11-12-20(16,17)2/h5,15-19,23H,4,6-12H2,1-3H3/t15-,16+,17-,18-,19?,20+,21-/m0/s1. The van der Waals surface area contributed by atoms with Crippen LogP contribution in [-0.4, -0.2) is 17.0 Å². The van der Waals surface area contributed by atoms with E-state index in [1.807, 2.05) is 0 Å². The lowest BCUT2D eigenvalue weighted by Gasteiger charge is -2.59. The maximum Gasteiger partial charge on any atom is 0.133 e. The minimum Gasteiger partial charge on any atom is -0.392 e. The highest BCUT2D eigenvalue weighted by Crippen LogP contribution is 2.66. The lowest BCUT2D eigenvalue weighted by Crippen LogP contribution is -2.54. The second-order valence-electron chi connectivity index (χ2n) is 9.31.